The van der Waals surface area contributed by atoms with Crippen LogP contribution < -0.4 is 5.32 Å². The number of carbonyl (C=O) groups excluding carboxylic acids is 1. The van der Waals surface area contributed by atoms with Gasteiger partial charge in [-0.05, 0) is 6.92 Å². The second-order valence-corrected chi connectivity index (χ2v) is 5.08. The molecule has 1 aromatic rings. The first-order valence-corrected chi connectivity index (χ1v) is 6.30. The molecule has 8 heteroatoms. The Bertz CT molecular complexity index is 363. The van der Waals surface area contributed by atoms with Crippen molar-refractivity contribution in [2.45, 2.75) is 13.5 Å². The van der Waals surface area contributed by atoms with Crippen molar-refractivity contribution in [2.75, 3.05) is 33.9 Å². The zero-order valence-electron chi connectivity index (χ0n) is 11.3. The Kier molecular flexibility index (Phi) is 12.6. The van der Waals surface area contributed by atoms with Crippen LogP contribution in [0.5, 0.6) is 0 Å². The van der Waals surface area contributed by atoms with Crippen LogP contribution >= 0.6 is 36.2 Å². The molecule has 0 unspecified atom stereocenters. The van der Waals surface area contributed by atoms with Crippen molar-refractivity contribution in [1.82, 2.24) is 15.2 Å². The number of ether oxygens (including phenoxy) is 1. The maximum Gasteiger partial charge on any atom is 0.236 e. The first-order valence-electron chi connectivity index (χ1n) is 5.48. The van der Waals surface area contributed by atoms with Crippen LogP contribution in [0.2, 0.25) is 0 Å². The number of likely N-dealkylation sites (N-methyl/N-ethyl adjacent to an activating group) is 1. The minimum absolute atomic E-state index is 0. The summed E-state index contributed by atoms with van der Waals surface area (Å²) in [6.45, 7) is 4.23. The Labute approximate surface area is 130 Å². The van der Waals surface area contributed by atoms with Crippen molar-refractivity contribution in [2.24, 2.45) is 0 Å². The summed E-state index contributed by atoms with van der Waals surface area (Å²) in [5.41, 5.74) is 0. The average molecular weight is 330 g/mol. The highest BCUT2D eigenvalue weighted by atomic mass is 35.5. The summed E-state index contributed by atoms with van der Waals surface area (Å²) in [5, 5.41) is 4.06. The monoisotopic (exact) mass is 329 g/mol. The molecule has 5 nitrogen and oxygen atoms in total. The van der Waals surface area contributed by atoms with E-state index >= 15 is 0 Å². The number of hydrogen-bond donors (Lipinski definition) is 1. The zero-order valence-corrected chi connectivity index (χ0v) is 13.8. The first kappa shape index (κ1) is 20.9. The van der Waals surface area contributed by atoms with E-state index in [4.69, 9.17) is 4.74 Å². The van der Waals surface area contributed by atoms with E-state index < -0.39 is 0 Å². The molecule has 0 bridgehead atoms. The van der Waals surface area contributed by atoms with Gasteiger partial charge >= 0.3 is 0 Å². The second-order valence-electron chi connectivity index (χ2n) is 3.76. The summed E-state index contributed by atoms with van der Waals surface area (Å²) in [7, 11) is 3.44. The van der Waals surface area contributed by atoms with Crippen LogP contribution in [0.1, 0.15) is 9.88 Å². The standard InChI is InChI=1S/C11H19N3O2S.2ClH/c1-9-13-6-10(17-9)8-14(2)11(15)7-12-4-5-16-3;;/h6,12H,4-5,7-8H2,1-3H3;2*1H. The Morgan fingerprint density at radius 3 is 2.74 bits per heavy atom. The van der Waals surface area contributed by atoms with Crippen LogP contribution in [0.25, 0.3) is 0 Å². The second kappa shape index (κ2) is 11.4. The normalized spacial score (nSPS) is 9.42. The molecule has 0 aliphatic heterocycles. The molecule has 0 radical (unpaired) electrons. The number of hydrogen-bond acceptors (Lipinski definition) is 5. The number of thiazole rings is 1. The molecule has 1 aromatic heterocycles. The van der Waals surface area contributed by atoms with Crippen molar-refractivity contribution in [3.63, 3.8) is 0 Å². The van der Waals surface area contributed by atoms with Gasteiger partial charge in [-0.3, -0.25) is 4.79 Å². The largest absolute Gasteiger partial charge is 0.383 e. The SMILES string of the molecule is COCCNCC(=O)N(C)Cc1cnc(C)s1.Cl.Cl. The van der Waals surface area contributed by atoms with Crippen LogP contribution in [0, 0.1) is 6.92 Å². The van der Waals surface area contributed by atoms with Crippen LogP contribution in [0.4, 0.5) is 0 Å². The quantitative estimate of drug-likeness (QED) is 0.770. The molecular weight excluding hydrogens is 309 g/mol. The maximum absolute atomic E-state index is 11.7. The zero-order chi connectivity index (χ0) is 12.7. The lowest BCUT2D eigenvalue weighted by Gasteiger charge is -2.16. The highest BCUT2D eigenvalue weighted by molar-refractivity contribution is 7.11. The molecule has 0 aliphatic carbocycles. The van der Waals surface area contributed by atoms with E-state index in [1.807, 2.05) is 13.1 Å². The minimum Gasteiger partial charge on any atom is -0.383 e. The van der Waals surface area contributed by atoms with E-state index in [0.717, 1.165) is 9.88 Å². The van der Waals surface area contributed by atoms with Gasteiger partial charge in [0, 0.05) is 31.8 Å². The summed E-state index contributed by atoms with van der Waals surface area (Å²) in [4.78, 5) is 18.7. The minimum atomic E-state index is 0. The van der Waals surface area contributed by atoms with Crippen molar-refractivity contribution in [3.05, 3.63) is 16.1 Å². The van der Waals surface area contributed by atoms with Gasteiger partial charge in [0.25, 0.3) is 0 Å². The highest BCUT2D eigenvalue weighted by Crippen LogP contribution is 2.13. The summed E-state index contributed by atoms with van der Waals surface area (Å²) in [6, 6.07) is 0. The van der Waals surface area contributed by atoms with Gasteiger partial charge in [0.1, 0.15) is 0 Å². The molecule has 0 aromatic carbocycles. The van der Waals surface area contributed by atoms with E-state index in [9.17, 15) is 4.79 Å². The molecule has 19 heavy (non-hydrogen) atoms. The lowest BCUT2D eigenvalue weighted by Crippen LogP contribution is -2.36. The molecule has 1 N–H and O–H groups in total. The Hall–Kier alpha value is -0.400. The topological polar surface area (TPSA) is 54.5 Å². The molecule has 0 atom stereocenters. The van der Waals surface area contributed by atoms with E-state index in [0.29, 0.717) is 26.2 Å². The van der Waals surface area contributed by atoms with Gasteiger partial charge in [0.2, 0.25) is 5.91 Å². The van der Waals surface area contributed by atoms with Gasteiger partial charge in [-0.25, -0.2) is 4.98 Å². The van der Waals surface area contributed by atoms with Gasteiger partial charge in [0.05, 0.1) is 24.7 Å². The van der Waals surface area contributed by atoms with Gasteiger partial charge in [-0.15, -0.1) is 36.2 Å². The van der Waals surface area contributed by atoms with Crippen LogP contribution in [-0.2, 0) is 16.1 Å². The number of carbonyl (C=O) groups is 1. The summed E-state index contributed by atoms with van der Waals surface area (Å²) < 4.78 is 4.89. The molecule has 112 valence electrons. The maximum atomic E-state index is 11.7. The van der Waals surface area contributed by atoms with E-state index in [-0.39, 0.29) is 30.7 Å². The molecule has 1 heterocycles. The van der Waals surface area contributed by atoms with Gasteiger partial charge < -0.3 is 15.0 Å². The molecule has 0 saturated heterocycles. The number of aromatic nitrogens is 1. The predicted octanol–water partition coefficient (Wildman–Crippen LogP) is 1.49. The Morgan fingerprint density at radius 1 is 1.53 bits per heavy atom. The third kappa shape index (κ3) is 8.39. The highest BCUT2D eigenvalue weighted by Gasteiger charge is 2.09. The van der Waals surface area contributed by atoms with E-state index in [2.05, 4.69) is 10.3 Å². The van der Waals surface area contributed by atoms with Crippen LogP contribution in [0.3, 0.4) is 0 Å². The number of halogens is 2. The first-order chi connectivity index (χ1) is 8.13. The smallest absolute Gasteiger partial charge is 0.236 e. The van der Waals surface area contributed by atoms with Crippen molar-refractivity contribution < 1.29 is 9.53 Å². The molecule has 1 rings (SSSR count). The van der Waals surface area contributed by atoms with Crippen molar-refractivity contribution in [1.29, 1.82) is 0 Å². The number of nitrogens with one attached hydrogen (secondary N) is 1. The molecular formula is C11H21Cl2N3O2S. The van der Waals surface area contributed by atoms with E-state index in [1.54, 1.807) is 30.4 Å². The summed E-state index contributed by atoms with van der Waals surface area (Å²) >= 11 is 1.62. The number of nitrogens with zero attached hydrogens (tertiary/aromatic N) is 2. The molecule has 0 saturated carbocycles. The summed E-state index contributed by atoms with van der Waals surface area (Å²) in [6.07, 6.45) is 1.82. The molecule has 1 amide bonds. The van der Waals surface area contributed by atoms with Gasteiger partial charge in [-0.1, -0.05) is 0 Å². The average Bonchev–Trinajstić information content (AvgIpc) is 2.70. The fourth-order valence-corrected chi connectivity index (χ4v) is 2.15. The van der Waals surface area contributed by atoms with E-state index in [1.165, 1.54) is 0 Å². The number of methoxy groups -OCH3 is 1. The third-order valence-corrected chi connectivity index (χ3v) is 3.14. The number of rotatable bonds is 7. The Balaban J connectivity index is 0. The van der Waals surface area contributed by atoms with Gasteiger partial charge in [-0.2, -0.15) is 0 Å². The lowest BCUT2D eigenvalue weighted by atomic mass is 10.4. The number of aryl methyl sites for hydroxylation is 1. The molecule has 0 spiro atoms. The predicted molar refractivity (Wildman–Crippen MR) is 82.6 cm³/mol. The van der Waals surface area contributed by atoms with Crippen molar-refractivity contribution in [3.8, 4) is 0 Å². The molecule has 0 aliphatic rings. The van der Waals surface area contributed by atoms with Gasteiger partial charge in [0.15, 0.2) is 0 Å². The summed E-state index contributed by atoms with van der Waals surface area (Å²) in [5.74, 6) is 0.0761. The fourth-order valence-electron chi connectivity index (χ4n) is 1.30. The Morgan fingerprint density at radius 2 is 2.21 bits per heavy atom. The van der Waals surface area contributed by atoms with Crippen LogP contribution in [-0.4, -0.2) is 49.6 Å². The number of amides is 1. The fraction of sp³-hybridized carbons (Fsp3) is 0.636. The lowest BCUT2D eigenvalue weighted by molar-refractivity contribution is -0.129. The van der Waals surface area contributed by atoms with Crippen LogP contribution in [0.15, 0.2) is 6.20 Å². The third-order valence-electron chi connectivity index (χ3n) is 2.25. The molecule has 0 fully saturated rings. The van der Waals surface area contributed by atoms with Crippen molar-refractivity contribution >= 4 is 42.1 Å².